The first-order valence-electron chi connectivity index (χ1n) is 10.3. The topological polar surface area (TPSA) is 88.8 Å². The number of ether oxygens (including phenoxy) is 1. The standard InChI is InChI=1S/C22H23N7O2/c1-27-10-11-28(15-27)8-4-6-24-22-21(18-5-2-3-9-29(18)26-22)25-16-14-20-17(13-19(16)30)23-7-12-31-20/h2-3,5,9-11,13-15H,4,6-8,12H2,1H3,(H-,23,24,26,30)/p+1. The SMILES string of the molecule is C[n+]1ccn(CCCNc2nn3ccccc3c2N=C2C=C3OCCNC3=CC2=O)c1. The lowest BCUT2D eigenvalue weighted by Gasteiger charge is -2.23. The fraction of sp³-hybridized carbons (Fsp3) is 0.273. The maximum Gasteiger partial charge on any atom is 0.243 e. The molecule has 0 amide bonds. The number of ketones is 1. The third kappa shape index (κ3) is 3.94. The van der Waals surface area contributed by atoms with Gasteiger partial charge in [0.25, 0.3) is 0 Å². The van der Waals surface area contributed by atoms with Crippen molar-refractivity contribution in [3.05, 3.63) is 66.7 Å². The molecule has 0 unspecified atom stereocenters. The van der Waals surface area contributed by atoms with E-state index in [2.05, 4.69) is 32.8 Å². The zero-order valence-corrected chi connectivity index (χ0v) is 17.3. The van der Waals surface area contributed by atoms with E-state index in [9.17, 15) is 4.79 Å². The Labute approximate surface area is 179 Å². The van der Waals surface area contributed by atoms with Crippen molar-refractivity contribution in [2.75, 3.05) is 25.0 Å². The van der Waals surface area contributed by atoms with E-state index < -0.39 is 0 Å². The van der Waals surface area contributed by atoms with Gasteiger partial charge in [0.2, 0.25) is 12.1 Å². The number of imidazole rings is 1. The number of rotatable bonds is 6. The van der Waals surface area contributed by atoms with E-state index in [-0.39, 0.29) is 5.78 Å². The third-order valence-corrected chi connectivity index (χ3v) is 5.19. The molecule has 1 aliphatic heterocycles. The molecule has 3 aromatic heterocycles. The van der Waals surface area contributed by atoms with Gasteiger partial charge in [-0.1, -0.05) is 6.07 Å². The van der Waals surface area contributed by atoms with Crippen LogP contribution in [0.1, 0.15) is 6.42 Å². The first kappa shape index (κ1) is 19.1. The second kappa shape index (κ2) is 8.10. The molecule has 9 heteroatoms. The molecule has 2 aliphatic rings. The van der Waals surface area contributed by atoms with Crippen LogP contribution in [0.2, 0.25) is 0 Å². The van der Waals surface area contributed by atoms with E-state index in [1.807, 2.05) is 42.2 Å². The molecule has 9 nitrogen and oxygen atoms in total. The number of pyridine rings is 1. The molecule has 5 rings (SSSR count). The zero-order valence-electron chi connectivity index (χ0n) is 17.3. The van der Waals surface area contributed by atoms with Gasteiger partial charge in [0.1, 0.15) is 36.2 Å². The van der Waals surface area contributed by atoms with Gasteiger partial charge in [-0.15, -0.1) is 5.10 Å². The van der Waals surface area contributed by atoms with Crippen LogP contribution in [-0.4, -0.2) is 45.4 Å². The summed E-state index contributed by atoms with van der Waals surface area (Å²) in [4.78, 5) is 17.3. The largest absolute Gasteiger partial charge is 0.490 e. The number of nitrogens with one attached hydrogen (secondary N) is 2. The lowest BCUT2D eigenvalue weighted by molar-refractivity contribution is -0.671. The molecule has 0 bridgehead atoms. The Bertz CT molecular complexity index is 1230. The first-order chi connectivity index (χ1) is 15.2. The maximum atomic E-state index is 12.6. The van der Waals surface area contributed by atoms with Crippen molar-refractivity contribution >= 4 is 28.5 Å². The summed E-state index contributed by atoms with van der Waals surface area (Å²) >= 11 is 0. The predicted octanol–water partition coefficient (Wildman–Crippen LogP) is 1.51. The zero-order chi connectivity index (χ0) is 21.2. The van der Waals surface area contributed by atoms with Gasteiger partial charge in [0.15, 0.2) is 5.82 Å². The van der Waals surface area contributed by atoms with E-state index in [0.717, 1.165) is 25.0 Å². The molecule has 0 aromatic carbocycles. The van der Waals surface area contributed by atoms with Crippen LogP contribution < -0.4 is 15.2 Å². The normalized spacial score (nSPS) is 17.1. The molecular formula is C22H24N7O2+. The molecule has 3 aromatic rings. The minimum atomic E-state index is -0.154. The van der Waals surface area contributed by atoms with Gasteiger partial charge in [-0.25, -0.2) is 18.6 Å². The molecule has 158 valence electrons. The monoisotopic (exact) mass is 418 g/mol. The van der Waals surface area contributed by atoms with Crippen molar-refractivity contribution in [2.24, 2.45) is 12.0 Å². The number of aromatic nitrogens is 4. The second-order valence-electron chi connectivity index (χ2n) is 7.53. The highest BCUT2D eigenvalue weighted by Crippen LogP contribution is 2.31. The summed E-state index contributed by atoms with van der Waals surface area (Å²) in [5.41, 5.74) is 2.53. The Kier molecular flexibility index (Phi) is 4.99. The van der Waals surface area contributed by atoms with E-state index in [1.165, 1.54) is 0 Å². The number of aliphatic imine (C=N–C) groups is 1. The van der Waals surface area contributed by atoms with Crippen molar-refractivity contribution in [1.82, 2.24) is 19.5 Å². The lowest BCUT2D eigenvalue weighted by Crippen LogP contribution is -2.31. The number of nitrogens with zero attached hydrogens (tertiary/aromatic N) is 5. The molecule has 1 fully saturated rings. The highest BCUT2D eigenvalue weighted by molar-refractivity contribution is 6.49. The van der Waals surface area contributed by atoms with Crippen molar-refractivity contribution < 1.29 is 14.1 Å². The minimum Gasteiger partial charge on any atom is -0.490 e. The average molecular weight is 418 g/mol. The number of fused-ring (bicyclic) bond motifs is 2. The van der Waals surface area contributed by atoms with Gasteiger partial charge in [-0.3, -0.25) is 4.79 Å². The Balaban J connectivity index is 1.40. The number of carbonyl (C=O) groups excluding carboxylic acids is 1. The van der Waals surface area contributed by atoms with Gasteiger partial charge < -0.3 is 15.4 Å². The fourth-order valence-electron chi connectivity index (χ4n) is 3.68. The summed E-state index contributed by atoms with van der Waals surface area (Å²) in [5, 5.41) is 11.2. The minimum absolute atomic E-state index is 0.154. The van der Waals surface area contributed by atoms with Crippen LogP contribution in [0.25, 0.3) is 5.52 Å². The number of hydrogen-bond donors (Lipinski definition) is 2. The molecule has 0 saturated carbocycles. The van der Waals surface area contributed by atoms with Crippen molar-refractivity contribution in [2.45, 2.75) is 13.0 Å². The van der Waals surface area contributed by atoms with Crippen LogP contribution in [0.15, 0.2) is 71.7 Å². The smallest absolute Gasteiger partial charge is 0.243 e. The lowest BCUT2D eigenvalue weighted by atomic mass is 10.1. The Morgan fingerprint density at radius 2 is 2.26 bits per heavy atom. The van der Waals surface area contributed by atoms with E-state index in [4.69, 9.17) is 9.73 Å². The van der Waals surface area contributed by atoms with Gasteiger partial charge in [0.05, 0.1) is 24.8 Å². The van der Waals surface area contributed by atoms with Crippen LogP contribution in [0.3, 0.4) is 0 Å². The summed E-state index contributed by atoms with van der Waals surface area (Å²) in [6.07, 6.45) is 12.2. The molecule has 31 heavy (non-hydrogen) atoms. The number of anilines is 1. The maximum absolute atomic E-state index is 12.6. The van der Waals surface area contributed by atoms with Crippen LogP contribution in [0, 0.1) is 0 Å². The highest BCUT2D eigenvalue weighted by Gasteiger charge is 2.23. The summed E-state index contributed by atoms with van der Waals surface area (Å²) in [6, 6.07) is 5.79. The Morgan fingerprint density at radius 3 is 3.13 bits per heavy atom. The van der Waals surface area contributed by atoms with Gasteiger partial charge >= 0.3 is 0 Å². The van der Waals surface area contributed by atoms with E-state index in [0.29, 0.717) is 41.8 Å². The predicted molar refractivity (Wildman–Crippen MR) is 116 cm³/mol. The third-order valence-electron chi connectivity index (χ3n) is 5.19. The fourth-order valence-corrected chi connectivity index (χ4v) is 3.68. The highest BCUT2D eigenvalue weighted by atomic mass is 16.5. The van der Waals surface area contributed by atoms with Crippen LogP contribution in [0.4, 0.5) is 11.5 Å². The Hall–Kier alpha value is -3.88. The van der Waals surface area contributed by atoms with Crippen molar-refractivity contribution in [3.8, 4) is 0 Å². The molecule has 0 atom stereocenters. The number of morpholine rings is 1. The number of carbonyl (C=O) groups is 1. The van der Waals surface area contributed by atoms with E-state index >= 15 is 0 Å². The molecule has 2 N–H and O–H groups in total. The number of hydrogen-bond acceptors (Lipinski definition) is 6. The van der Waals surface area contributed by atoms with Gasteiger partial charge in [0, 0.05) is 37.9 Å². The summed E-state index contributed by atoms with van der Waals surface area (Å²) in [5.74, 6) is 1.15. The quantitative estimate of drug-likeness (QED) is 0.360. The van der Waals surface area contributed by atoms with Crippen LogP contribution >= 0.6 is 0 Å². The van der Waals surface area contributed by atoms with Crippen LogP contribution in [0.5, 0.6) is 0 Å². The van der Waals surface area contributed by atoms with Crippen LogP contribution in [-0.2, 0) is 23.1 Å². The molecular weight excluding hydrogens is 394 g/mol. The first-order valence-corrected chi connectivity index (χ1v) is 10.3. The molecule has 0 radical (unpaired) electrons. The summed E-state index contributed by atoms with van der Waals surface area (Å²) in [6.45, 7) is 2.88. The van der Waals surface area contributed by atoms with Crippen molar-refractivity contribution in [1.29, 1.82) is 0 Å². The van der Waals surface area contributed by atoms with Gasteiger partial charge in [-0.2, -0.15) is 0 Å². The Morgan fingerprint density at radius 1 is 1.32 bits per heavy atom. The van der Waals surface area contributed by atoms with Crippen molar-refractivity contribution in [3.63, 3.8) is 0 Å². The molecule has 4 heterocycles. The molecule has 1 saturated heterocycles. The summed E-state index contributed by atoms with van der Waals surface area (Å²) < 4.78 is 11.6. The van der Waals surface area contributed by atoms with E-state index in [1.54, 1.807) is 16.7 Å². The number of aryl methyl sites for hydroxylation is 2. The summed E-state index contributed by atoms with van der Waals surface area (Å²) in [7, 11) is 2.01. The molecule has 0 spiro atoms. The molecule has 1 aliphatic carbocycles. The van der Waals surface area contributed by atoms with Gasteiger partial charge in [-0.05, 0) is 12.1 Å². The number of allylic oxidation sites excluding steroid dienone is 2. The average Bonchev–Trinajstić information content (AvgIpc) is 3.35. The second-order valence-corrected chi connectivity index (χ2v) is 7.53.